The van der Waals surface area contributed by atoms with Crippen molar-refractivity contribution < 1.29 is 5.11 Å². The van der Waals surface area contributed by atoms with E-state index in [9.17, 15) is 5.11 Å². The van der Waals surface area contributed by atoms with Gasteiger partial charge in [-0.1, -0.05) is 57.9 Å². The molecule has 1 heteroatoms. The first kappa shape index (κ1) is 14.6. The Morgan fingerprint density at radius 3 is 2.37 bits per heavy atom. The highest BCUT2D eigenvalue weighted by Crippen LogP contribution is 2.40. The Hall–Kier alpha value is -0.820. The fourth-order valence-corrected chi connectivity index (χ4v) is 3.67. The molecular weight excluding hydrogens is 232 g/mol. The smallest absolute Gasteiger partial charge is 0.0718 e. The molecular formula is C18H28O. The minimum absolute atomic E-state index is 0.451. The summed E-state index contributed by atoms with van der Waals surface area (Å²) in [4.78, 5) is 0. The number of hydrogen-bond acceptors (Lipinski definition) is 1. The summed E-state index contributed by atoms with van der Waals surface area (Å²) in [7, 11) is 0. The summed E-state index contributed by atoms with van der Waals surface area (Å²) in [5.74, 6) is 1.02. The Morgan fingerprint density at radius 1 is 1.16 bits per heavy atom. The summed E-state index contributed by atoms with van der Waals surface area (Å²) in [5, 5.41) is 11.1. The highest BCUT2D eigenvalue weighted by atomic mass is 16.3. The molecule has 1 aliphatic carbocycles. The summed E-state index contributed by atoms with van der Waals surface area (Å²) in [6.07, 6.45) is 6.50. The first-order valence-electron chi connectivity index (χ1n) is 7.85. The third kappa shape index (κ3) is 3.39. The second kappa shape index (κ2) is 6.09. The molecule has 1 saturated carbocycles. The third-order valence-electron chi connectivity index (χ3n) is 4.81. The Morgan fingerprint density at radius 2 is 1.79 bits per heavy atom. The van der Waals surface area contributed by atoms with Crippen molar-refractivity contribution in [3.8, 4) is 0 Å². The second-order valence-corrected chi connectivity index (χ2v) is 6.55. The van der Waals surface area contributed by atoms with Gasteiger partial charge < -0.3 is 5.11 Å². The van der Waals surface area contributed by atoms with E-state index in [0.29, 0.717) is 11.8 Å². The first-order chi connectivity index (χ1) is 9.05. The van der Waals surface area contributed by atoms with Gasteiger partial charge in [-0.05, 0) is 42.2 Å². The summed E-state index contributed by atoms with van der Waals surface area (Å²) < 4.78 is 0. The largest absolute Gasteiger partial charge is 0.389 e. The molecule has 0 saturated heterocycles. The third-order valence-corrected chi connectivity index (χ3v) is 4.81. The van der Waals surface area contributed by atoms with E-state index in [1.165, 1.54) is 30.4 Å². The fraction of sp³-hybridized carbons (Fsp3) is 0.667. The minimum Gasteiger partial charge on any atom is -0.389 e. The van der Waals surface area contributed by atoms with Crippen LogP contribution in [0.5, 0.6) is 0 Å². The molecule has 2 rings (SSSR count). The zero-order chi connectivity index (χ0) is 13.9. The molecule has 106 valence electrons. The van der Waals surface area contributed by atoms with Gasteiger partial charge in [0, 0.05) is 6.42 Å². The molecule has 1 fully saturated rings. The SMILES string of the molecule is CCc1ccc(CC2(O)CCCCC2C(C)C)cc1. The van der Waals surface area contributed by atoms with E-state index < -0.39 is 5.60 Å². The van der Waals surface area contributed by atoms with E-state index in [2.05, 4.69) is 45.0 Å². The standard InChI is InChI=1S/C18H28O/c1-4-15-8-10-16(11-9-15)13-18(19)12-6-5-7-17(18)14(2)3/h8-11,14,17,19H,4-7,12-13H2,1-3H3. The van der Waals surface area contributed by atoms with Crippen LogP contribution in [0.4, 0.5) is 0 Å². The van der Waals surface area contributed by atoms with Gasteiger partial charge in [-0.3, -0.25) is 0 Å². The zero-order valence-corrected chi connectivity index (χ0v) is 12.7. The van der Waals surface area contributed by atoms with Crippen molar-refractivity contribution in [1.82, 2.24) is 0 Å². The second-order valence-electron chi connectivity index (χ2n) is 6.55. The maximum atomic E-state index is 11.1. The predicted octanol–water partition coefficient (Wildman–Crippen LogP) is 4.37. The van der Waals surface area contributed by atoms with Crippen LogP contribution in [0.15, 0.2) is 24.3 Å². The number of benzene rings is 1. The molecule has 19 heavy (non-hydrogen) atoms. The van der Waals surface area contributed by atoms with Gasteiger partial charge in [0.25, 0.3) is 0 Å². The van der Waals surface area contributed by atoms with Crippen LogP contribution in [0.3, 0.4) is 0 Å². The number of aliphatic hydroxyl groups is 1. The molecule has 0 aromatic heterocycles. The molecule has 0 bridgehead atoms. The molecule has 2 unspecified atom stereocenters. The lowest BCUT2D eigenvalue weighted by Gasteiger charge is -2.42. The van der Waals surface area contributed by atoms with Crippen LogP contribution < -0.4 is 0 Å². The normalized spacial score (nSPS) is 27.7. The van der Waals surface area contributed by atoms with Crippen LogP contribution in [-0.2, 0) is 12.8 Å². The van der Waals surface area contributed by atoms with Crippen LogP contribution in [-0.4, -0.2) is 10.7 Å². The van der Waals surface area contributed by atoms with Gasteiger partial charge in [0.05, 0.1) is 5.60 Å². The molecule has 1 nitrogen and oxygen atoms in total. The maximum absolute atomic E-state index is 11.1. The summed E-state index contributed by atoms with van der Waals surface area (Å²) >= 11 is 0. The molecule has 1 aliphatic rings. The fourth-order valence-electron chi connectivity index (χ4n) is 3.67. The van der Waals surface area contributed by atoms with Gasteiger partial charge in [0.2, 0.25) is 0 Å². The van der Waals surface area contributed by atoms with Gasteiger partial charge in [-0.15, -0.1) is 0 Å². The van der Waals surface area contributed by atoms with E-state index in [4.69, 9.17) is 0 Å². The predicted molar refractivity (Wildman–Crippen MR) is 81.3 cm³/mol. The number of hydrogen-bond donors (Lipinski definition) is 1. The van der Waals surface area contributed by atoms with Gasteiger partial charge in [-0.25, -0.2) is 0 Å². The van der Waals surface area contributed by atoms with Crippen LogP contribution in [0.25, 0.3) is 0 Å². The Labute approximate surface area is 118 Å². The molecule has 1 aromatic rings. The molecule has 0 radical (unpaired) electrons. The number of rotatable bonds is 4. The van der Waals surface area contributed by atoms with Gasteiger partial charge in [0.1, 0.15) is 0 Å². The summed E-state index contributed by atoms with van der Waals surface area (Å²) in [6, 6.07) is 8.80. The Bertz CT molecular complexity index is 393. The molecule has 2 atom stereocenters. The van der Waals surface area contributed by atoms with Crippen LogP contribution >= 0.6 is 0 Å². The monoisotopic (exact) mass is 260 g/mol. The van der Waals surface area contributed by atoms with E-state index in [-0.39, 0.29) is 0 Å². The van der Waals surface area contributed by atoms with Crippen LogP contribution in [0, 0.1) is 11.8 Å². The average molecular weight is 260 g/mol. The summed E-state index contributed by atoms with van der Waals surface area (Å²) in [5.41, 5.74) is 2.17. The molecule has 1 aromatic carbocycles. The highest BCUT2D eigenvalue weighted by Gasteiger charge is 2.40. The van der Waals surface area contributed by atoms with Crippen LogP contribution in [0.2, 0.25) is 0 Å². The van der Waals surface area contributed by atoms with Gasteiger partial charge >= 0.3 is 0 Å². The quantitative estimate of drug-likeness (QED) is 0.852. The lowest BCUT2D eigenvalue weighted by molar-refractivity contribution is -0.0652. The topological polar surface area (TPSA) is 20.2 Å². The van der Waals surface area contributed by atoms with Crippen LogP contribution in [0.1, 0.15) is 57.6 Å². The molecule has 1 N–H and O–H groups in total. The molecule has 0 aliphatic heterocycles. The van der Waals surface area contributed by atoms with Crippen molar-refractivity contribution in [3.05, 3.63) is 35.4 Å². The molecule has 0 heterocycles. The van der Waals surface area contributed by atoms with Crippen molar-refractivity contribution in [2.45, 2.75) is 64.9 Å². The van der Waals surface area contributed by atoms with E-state index in [1.54, 1.807) is 0 Å². The highest BCUT2D eigenvalue weighted by molar-refractivity contribution is 5.24. The first-order valence-corrected chi connectivity index (χ1v) is 7.85. The van der Waals surface area contributed by atoms with Crippen molar-refractivity contribution in [2.75, 3.05) is 0 Å². The van der Waals surface area contributed by atoms with Crippen molar-refractivity contribution in [1.29, 1.82) is 0 Å². The molecule has 0 amide bonds. The lowest BCUT2D eigenvalue weighted by atomic mass is 9.68. The van der Waals surface area contributed by atoms with Gasteiger partial charge in [0.15, 0.2) is 0 Å². The van der Waals surface area contributed by atoms with Crippen molar-refractivity contribution >= 4 is 0 Å². The van der Waals surface area contributed by atoms with Crippen molar-refractivity contribution in [3.63, 3.8) is 0 Å². The minimum atomic E-state index is -0.486. The Kier molecular flexibility index (Phi) is 4.67. The zero-order valence-electron chi connectivity index (χ0n) is 12.7. The average Bonchev–Trinajstić information content (AvgIpc) is 2.39. The van der Waals surface area contributed by atoms with E-state index >= 15 is 0 Å². The Balaban J connectivity index is 2.13. The van der Waals surface area contributed by atoms with E-state index in [1.807, 2.05) is 0 Å². The van der Waals surface area contributed by atoms with Crippen molar-refractivity contribution in [2.24, 2.45) is 11.8 Å². The number of aryl methyl sites for hydroxylation is 1. The van der Waals surface area contributed by atoms with Gasteiger partial charge in [-0.2, -0.15) is 0 Å². The van der Waals surface area contributed by atoms with E-state index in [0.717, 1.165) is 19.3 Å². The lowest BCUT2D eigenvalue weighted by Crippen LogP contribution is -2.45. The summed E-state index contributed by atoms with van der Waals surface area (Å²) in [6.45, 7) is 6.68. The maximum Gasteiger partial charge on any atom is 0.0718 e. The molecule has 0 spiro atoms.